The van der Waals surface area contributed by atoms with Crippen LogP contribution in [-0.2, 0) is 11.1 Å². The standard InChI is InChI=1S/C27H27BrF3N3O6/c1-25(32)14-40-23-18(25)12-21(34-22(23)15-3-6-17(28)7-4-15)26(37,27(29,30)31)13-33-24(36)16-5-8-19(39-10-9-35)20(11-16)38-2/h3-8,11-12,35,37H,9-10,13-14,32H2,1-2H3,(H,33,36). The smallest absolute Gasteiger partial charge is 0.424 e. The molecule has 2 aromatic carbocycles. The third kappa shape index (κ3) is 5.73. The SMILES string of the molecule is COc1cc(C(=O)NCC(O)(c2cc3c(c(-c4ccc(Br)cc4)n2)OCC3(C)N)C(F)(F)F)ccc1OCCO. The molecule has 0 saturated heterocycles. The summed E-state index contributed by atoms with van der Waals surface area (Å²) in [4.78, 5) is 17.1. The van der Waals surface area contributed by atoms with Crippen LogP contribution in [0.3, 0.4) is 0 Å². The Morgan fingerprint density at radius 3 is 2.52 bits per heavy atom. The van der Waals surface area contributed by atoms with E-state index in [2.05, 4.69) is 26.2 Å². The van der Waals surface area contributed by atoms with Crippen molar-refractivity contribution in [2.45, 2.75) is 24.2 Å². The number of nitrogens with zero attached hydrogens (tertiary/aromatic N) is 1. The Hall–Kier alpha value is -3.39. The summed E-state index contributed by atoms with van der Waals surface area (Å²) >= 11 is 3.32. The molecule has 2 heterocycles. The fraction of sp³-hybridized carbons (Fsp3) is 0.333. The number of nitrogens with one attached hydrogen (secondary N) is 1. The second-order valence-electron chi connectivity index (χ2n) is 9.42. The number of carbonyl (C=O) groups is 1. The number of hydrogen-bond donors (Lipinski definition) is 4. The summed E-state index contributed by atoms with van der Waals surface area (Å²) in [5.74, 6) is -0.320. The molecular formula is C27H27BrF3N3O6. The van der Waals surface area contributed by atoms with E-state index in [9.17, 15) is 23.1 Å². The maximum atomic E-state index is 14.5. The highest BCUT2D eigenvalue weighted by Gasteiger charge is 2.57. The highest BCUT2D eigenvalue weighted by atomic mass is 79.9. The van der Waals surface area contributed by atoms with E-state index in [1.54, 1.807) is 31.2 Å². The summed E-state index contributed by atoms with van der Waals surface area (Å²) in [5.41, 5.74) is 1.57. The van der Waals surface area contributed by atoms with Gasteiger partial charge in [-0.25, -0.2) is 4.98 Å². The highest BCUT2D eigenvalue weighted by Crippen LogP contribution is 2.46. The summed E-state index contributed by atoms with van der Waals surface area (Å²) < 4.78 is 60.4. The Morgan fingerprint density at radius 1 is 1.20 bits per heavy atom. The number of carbonyl (C=O) groups excluding carboxylic acids is 1. The van der Waals surface area contributed by atoms with Gasteiger partial charge in [-0.1, -0.05) is 28.1 Å². The first-order chi connectivity index (χ1) is 18.8. The van der Waals surface area contributed by atoms with Gasteiger partial charge in [0.2, 0.25) is 5.60 Å². The lowest BCUT2D eigenvalue weighted by atomic mass is 9.89. The minimum atomic E-state index is -5.23. The zero-order chi connectivity index (χ0) is 29.3. The Bertz CT molecular complexity index is 1400. The minimum Gasteiger partial charge on any atom is -0.493 e. The van der Waals surface area contributed by atoms with Crippen LogP contribution in [0.2, 0.25) is 0 Å². The van der Waals surface area contributed by atoms with Crippen LogP contribution in [-0.4, -0.2) is 60.8 Å². The number of hydrogen-bond acceptors (Lipinski definition) is 8. The number of aromatic nitrogens is 1. The molecule has 2 atom stereocenters. The van der Waals surface area contributed by atoms with Crippen LogP contribution in [0.1, 0.15) is 28.5 Å². The van der Waals surface area contributed by atoms with Crippen LogP contribution < -0.4 is 25.3 Å². The zero-order valence-corrected chi connectivity index (χ0v) is 23.1. The van der Waals surface area contributed by atoms with E-state index in [1.807, 2.05) is 0 Å². The fourth-order valence-electron chi connectivity index (χ4n) is 4.15. The highest BCUT2D eigenvalue weighted by molar-refractivity contribution is 9.10. The van der Waals surface area contributed by atoms with Gasteiger partial charge in [-0.2, -0.15) is 13.2 Å². The molecule has 214 valence electrons. The van der Waals surface area contributed by atoms with E-state index >= 15 is 0 Å². The number of aliphatic hydroxyl groups is 2. The molecule has 1 aliphatic rings. The number of benzene rings is 2. The summed E-state index contributed by atoms with van der Waals surface area (Å²) in [6, 6.07) is 11.7. The third-order valence-corrected chi connectivity index (χ3v) is 6.92. The first kappa shape index (κ1) is 29.6. The van der Waals surface area contributed by atoms with Gasteiger partial charge in [-0.05, 0) is 43.3 Å². The van der Waals surface area contributed by atoms with Crippen LogP contribution >= 0.6 is 15.9 Å². The van der Waals surface area contributed by atoms with E-state index in [0.717, 1.165) is 10.5 Å². The summed E-state index contributed by atoms with van der Waals surface area (Å²) in [6.45, 7) is 0.0798. The molecule has 40 heavy (non-hydrogen) atoms. The molecule has 0 radical (unpaired) electrons. The lowest BCUT2D eigenvalue weighted by molar-refractivity contribution is -0.265. The largest absolute Gasteiger partial charge is 0.493 e. The molecule has 3 aromatic rings. The van der Waals surface area contributed by atoms with Gasteiger partial charge in [0.15, 0.2) is 17.2 Å². The summed E-state index contributed by atoms with van der Waals surface area (Å²) in [5, 5.41) is 22.2. The van der Waals surface area contributed by atoms with E-state index < -0.39 is 35.5 Å². The molecule has 0 aliphatic carbocycles. The topological polar surface area (TPSA) is 136 Å². The minimum absolute atomic E-state index is 0.00196. The van der Waals surface area contributed by atoms with Crippen molar-refractivity contribution in [3.8, 4) is 28.5 Å². The van der Waals surface area contributed by atoms with Crippen molar-refractivity contribution in [1.29, 1.82) is 0 Å². The number of rotatable bonds is 9. The number of ether oxygens (including phenoxy) is 3. The molecule has 0 fully saturated rings. The molecule has 0 saturated carbocycles. The van der Waals surface area contributed by atoms with E-state index in [1.165, 1.54) is 25.3 Å². The Kier molecular flexibility index (Phi) is 8.31. The molecule has 1 aliphatic heterocycles. The Morgan fingerprint density at radius 2 is 1.90 bits per heavy atom. The molecule has 9 nitrogen and oxygen atoms in total. The van der Waals surface area contributed by atoms with Crippen molar-refractivity contribution >= 4 is 21.8 Å². The second kappa shape index (κ2) is 11.2. The Labute approximate surface area is 236 Å². The average Bonchev–Trinajstić information content (AvgIpc) is 3.23. The maximum Gasteiger partial charge on any atom is 0.424 e. The van der Waals surface area contributed by atoms with Crippen LogP contribution in [0.5, 0.6) is 17.2 Å². The van der Waals surface area contributed by atoms with Gasteiger partial charge < -0.3 is 35.5 Å². The molecule has 5 N–H and O–H groups in total. The molecule has 2 unspecified atom stereocenters. The van der Waals surface area contributed by atoms with Gasteiger partial charge in [-0.3, -0.25) is 4.79 Å². The van der Waals surface area contributed by atoms with Crippen LogP contribution in [0.25, 0.3) is 11.3 Å². The molecule has 1 aromatic heterocycles. The van der Waals surface area contributed by atoms with Gasteiger partial charge in [0.25, 0.3) is 5.91 Å². The van der Waals surface area contributed by atoms with Gasteiger partial charge >= 0.3 is 6.18 Å². The molecule has 13 heteroatoms. The molecule has 1 amide bonds. The fourth-order valence-corrected chi connectivity index (χ4v) is 4.41. The molecular weight excluding hydrogens is 599 g/mol. The number of halogens is 4. The lowest BCUT2D eigenvalue weighted by Crippen LogP contribution is -2.51. The monoisotopic (exact) mass is 625 g/mol. The predicted octanol–water partition coefficient (Wildman–Crippen LogP) is 3.64. The summed E-state index contributed by atoms with van der Waals surface area (Å²) in [6.07, 6.45) is -5.23. The quantitative estimate of drug-likeness (QED) is 0.283. The predicted molar refractivity (Wildman–Crippen MR) is 142 cm³/mol. The number of nitrogens with two attached hydrogens (primary N) is 1. The van der Waals surface area contributed by atoms with Gasteiger partial charge in [0.1, 0.15) is 18.9 Å². The van der Waals surface area contributed by atoms with Crippen molar-refractivity contribution in [3.63, 3.8) is 0 Å². The van der Waals surface area contributed by atoms with Gasteiger partial charge in [0.05, 0.1) is 31.5 Å². The van der Waals surface area contributed by atoms with Crippen LogP contribution in [0.15, 0.2) is 53.0 Å². The van der Waals surface area contributed by atoms with E-state index in [-0.39, 0.29) is 53.9 Å². The summed E-state index contributed by atoms with van der Waals surface area (Å²) in [7, 11) is 1.32. The first-order valence-corrected chi connectivity index (χ1v) is 12.8. The van der Waals surface area contributed by atoms with Crippen molar-refractivity contribution in [2.24, 2.45) is 5.73 Å². The normalized spacial score (nSPS) is 17.9. The Balaban J connectivity index is 1.71. The number of methoxy groups -OCH3 is 1. The number of pyridine rings is 1. The van der Waals surface area contributed by atoms with Crippen LogP contribution in [0.4, 0.5) is 13.2 Å². The van der Waals surface area contributed by atoms with Gasteiger partial charge in [-0.15, -0.1) is 0 Å². The van der Waals surface area contributed by atoms with Gasteiger partial charge in [0, 0.05) is 21.2 Å². The first-order valence-electron chi connectivity index (χ1n) is 12.0. The van der Waals surface area contributed by atoms with E-state index in [0.29, 0.717) is 5.56 Å². The third-order valence-electron chi connectivity index (χ3n) is 6.39. The number of fused-ring (bicyclic) bond motifs is 1. The van der Waals surface area contributed by atoms with Crippen molar-refractivity contribution < 1.29 is 42.4 Å². The zero-order valence-electron chi connectivity index (χ0n) is 21.5. The number of amides is 1. The molecule has 4 rings (SSSR count). The van der Waals surface area contributed by atoms with Crippen LogP contribution in [0, 0.1) is 0 Å². The van der Waals surface area contributed by atoms with Crippen molar-refractivity contribution in [3.05, 3.63) is 69.8 Å². The number of alkyl halides is 3. The maximum absolute atomic E-state index is 14.5. The lowest BCUT2D eigenvalue weighted by Gasteiger charge is -2.31. The average molecular weight is 626 g/mol. The molecule has 0 bridgehead atoms. The molecule has 0 spiro atoms. The van der Waals surface area contributed by atoms with Crippen molar-refractivity contribution in [2.75, 3.05) is 33.5 Å². The van der Waals surface area contributed by atoms with Crippen molar-refractivity contribution in [1.82, 2.24) is 10.3 Å². The number of aliphatic hydroxyl groups excluding tert-OH is 1. The van der Waals surface area contributed by atoms with E-state index in [4.69, 9.17) is 25.1 Å². The second-order valence-corrected chi connectivity index (χ2v) is 10.3.